The van der Waals surface area contributed by atoms with E-state index in [-0.39, 0.29) is 6.79 Å². The molecule has 2 aromatic carbocycles. The monoisotopic (exact) mass is 253 g/mol. The molecule has 3 aromatic rings. The summed E-state index contributed by atoms with van der Waals surface area (Å²) >= 11 is 0. The minimum absolute atomic E-state index is 0.242. The number of benzene rings is 2. The Morgan fingerprint density at radius 3 is 3.00 bits per heavy atom. The van der Waals surface area contributed by atoms with E-state index >= 15 is 0 Å². The summed E-state index contributed by atoms with van der Waals surface area (Å²) < 4.78 is 16.6. The molecular formula is C15H11NO3. The van der Waals surface area contributed by atoms with E-state index in [1.54, 1.807) is 0 Å². The highest BCUT2D eigenvalue weighted by atomic mass is 16.7. The number of nitrogens with zero attached hydrogens (tertiary/aromatic N) is 1. The van der Waals surface area contributed by atoms with Crippen molar-refractivity contribution in [3.8, 4) is 23.0 Å². The molecule has 19 heavy (non-hydrogen) atoms. The van der Waals surface area contributed by atoms with Gasteiger partial charge in [0, 0.05) is 0 Å². The van der Waals surface area contributed by atoms with Gasteiger partial charge in [0.2, 0.25) is 12.7 Å². The molecule has 1 aromatic heterocycles. The fourth-order valence-electron chi connectivity index (χ4n) is 2.25. The van der Waals surface area contributed by atoms with Gasteiger partial charge in [0.1, 0.15) is 5.52 Å². The molecule has 0 amide bonds. The number of hydrogen-bond acceptors (Lipinski definition) is 4. The van der Waals surface area contributed by atoms with Crippen LogP contribution in [0, 0.1) is 6.92 Å². The van der Waals surface area contributed by atoms with Crippen molar-refractivity contribution in [2.75, 3.05) is 6.79 Å². The number of para-hydroxylation sites is 1. The van der Waals surface area contributed by atoms with Crippen LogP contribution in [0.3, 0.4) is 0 Å². The largest absolute Gasteiger partial charge is 0.454 e. The minimum Gasteiger partial charge on any atom is -0.454 e. The van der Waals surface area contributed by atoms with Gasteiger partial charge >= 0.3 is 0 Å². The molecule has 2 heterocycles. The van der Waals surface area contributed by atoms with Gasteiger partial charge in [-0.05, 0) is 36.8 Å². The van der Waals surface area contributed by atoms with Gasteiger partial charge in [-0.1, -0.05) is 12.1 Å². The van der Waals surface area contributed by atoms with Crippen molar-refractivity contribution in [2.24, 2.45) is 0 Å². The van der Waals surface area contributed by atoms with Gasteiger partial charge in [0.15, 0.2) is 17.1 Å². The molecule has 0 radical (unpaired) electrons. The summed E-state index contributed by atoms with van der Waals surface area (Å²) in [7, 11) is 0. The van der Waals surface area contributed by atoms with Crippen molar-refractivity contribution in [1.29, 1.82) is 0 Å². The van der Waals surface area contributed by atoms with Crippen LogP contribution >= 0.6 is 0 Å². The van der Waals surface area contributed by atoms with Crippen LogP contribution in [0.4, 0.5) is 0 Å². The summed E-state index contributed by atoms with van der Waals surface area (Å²) in [6, 6.07) is 11.6. The van der Waals surface area contributed by atoms with Crippen LogP contribution in [-0.2, 0) is 0 Å². The summed E-state index contributed by atoms with van der Waals surface area (Å²) in [6.45, 7) is 2.27. The number of ether oxygens (including phenoxy) is 2. The minimum atomic E-state index is 0.242. The summed E-state index contributed by atoms with van der Waals surface area (Å²) in [6.07, 6.45) is 0. The normalized spacial score (nSPS) is 13.1. The second kappa shape index (κ2) is 3.75. The van der Waals surface area contributed by atoms with E-state index in [2.05, 4.69) is 4.98 Å². The van der Waals surface area contributed by atoms with Crippen LogP contribution in [0.5, 0.6) is 11.5 Å². The van der Waals surface area contributed by atoms with Gasteiger partial charge in [-0.2, -0.15) is 0 Å². The van der Waals surface area contributed by atoms with Gasteiger partial charge in [-0.3, -0.25) is 0 Å². The van der Waals surface area contributed by atoms with E-state index in [0.29, 0.717) is 11.6 Å². The van der Waals surface area contributed by atoms with Crippen molar-refractivity contribution < 1.29 is 13.9 Å². The van der Waals surface area contributed by atoms with E-state index in [4.69, 9.17) is 13.9 Å². The SMILES string of the molecule is Cc1ccc2oc(-c3cccc4c3OCO4)nc2c1. The standard InChI is InChI=1S/C15H11NO3/c1-9-5-6-12-11(7-9)16-15(19-12)10-3-2-4-13-14(10)18-8-17-13/h2-7H,8H2,1H3. The average Bonchev–Trinajstić information content (AvgIpc) is 3.03. The molecule has 0 unspecified atom stereocenters. The first kappa shape index (κ1) is 10.4. The van der Waals surface area contributed by atoms with E-state index in [9.17, 15) is 0 Å². The smallest absolute Gasteiger partial charge is 0.231 e. The Bertz CT molecular complexity index is 776. The van der Waals surface area contributed by atoms with Crippen LogP contribution in [0.25, 0.3) is 22.6 Å². The predicted octanol–water partition coefficient (Wildman–Crippen LogP) is 3.53. The molecule has 1 aliphatic rings. The molecule has 0 saturated heterocycles. The Balaban J connectivity index is 1.93. The fourth-order valence-corrected chi connectivity index (χ4v) is 2.25. The lowest BCUT2D eigenvalue weighted by molar-refractivity contribution is 0.174. The maximum Gasteiger partial charge on any atom is 0.231 e. The predicted molar refractivity (Wildman–Crippen MR) is 70.3 cm³/mol. The van der Waals surface area contributed by atoms with Crippen LogP contribution in [0.15, 0.2) is 40.8 Å². The van der Waals surface area contributed by atoms with Gasteiger partial charge < -0.3 is 13.9 Å². The molecule has 0 aliphatic carbocycles. The molecule has 0 saturated carbocycles. The quantitative estimate of drug-likeness (QED) is 0.665. The third kappa shape index (κ3) is 1.57. The number of fused-ring (bicyclic) bond motifs is 2. The molecular weight excluding hydrogens is 242 g/mol. The Labute approximate surface area is 109 Å². The molecule has 0 spiro atoms. The maximum atomic E-state index is 5.79. The Hall–Kier alpha value is -2.49. The van der Waals surface area contributed by atoms with E-state index in [1.807, 2.05) is 43.3 Å². The topological polar surface area (TPSA) is 44.5 Å². The molecule has 94 valence electrons. The van der Waals surface area contributed by atoms with E-state index in [0.717, 1.165) is 28.0 Å². The lowest BCUT2D eigenvalue weighted by Gasteiger charge is -2.00. The second-order valence-electron chi connectivity index (χ2n) is 4.53. The number of oxazole rings is 1. The van der Waals surface area contributed by atoms with Crippen molar-refractivity contribution in [3.05, 3.63) is 42.0 Å². The van der Waals surface area contributed by atoms with Crippen LogP contribution in [-0.4, -0.2) is 11.8 Å². The molecule has 4 heteroatoms. The third-order valence-electron chi connectivity index (χ3n) is 3.17. The van der Waals surface area contributed by atoms with Gasteiger partial charge in [0.25, 0.3) is 0 Å². The molecule has 0 atom stereocenters. The Morgan fingerprint density at radius 1 is 1.11 bits per heavy atom. The average molecular weight is 253 g/mol. The van der Waals surface area contributed by atoms with Crippen molar-refractivity contribution in [3.63, 3.8) is 0 Å². The van der Waals surface area contributed by atoms with Crippen LogP contribution in [0.1, 0.15) is 5.56 Å². The zero-order chi connectivity index (χ0) is 12.8. The van der Waals surface area contributed by atoms with E-state index < -0.39 is 0 Å². The summed E-state index contributed by atoms with van der Waals surface area (Å²) in [5.41, 5.74) is 3.61. The van der Waals surface area contributed by atoms with Crippen molar-refractivity contribution in [2.45, 2.75) is 6.92 Å². The fraction of sp³-hybridized carbons (Fsp3) is 0.133. The zero-order valence-electron chi connectivity index (χ0n) is 10.3. The highest BCUT2D eigenvalue weighted by Gasteiger charge is 2.21. The first-order valence-electron chi connectivity index (χ1n) is 6.07. The second-order valence-corrected chi connectivity index (χ2v) is 4.53. The lowest BCUT2D eigenvalue weighted by Crippen LogP contribution is -1.93. The number of rotatable bonds is 1. The summed E-state index contributed by atoms with van der Waals surface area (Å²) in [5, 5.41) is 0. The zero-order valence-corrected chi connectivity index (χ0v) is 10.3. The molecule has 0 bridgehead atoms. The summed E-state index contributed by atoms with van der Waals surface area (Å²) in [4.78, 5) is 4.52. The number of aromatic nitrogens is 1. The van der Waals surface area contributed by atoms with Gasteiger partial charge in [-0.25, -0.2) is 4.98 Å². The van der Waals surface area contributed by atoms with Gasteiger partial charge in [-0.15, -0.1) is 0 Å². The number of aryl methyl sites for hydroxylation is 1. The van der Waals surface area contributed by atoms with E-state index in [1.165, 1.54) is 0 Å². The molecule has 0 fully saturated rings. The number of hydrogen-bond donors (Lipinski definition) is 0. The Kier molecular flexibility index (Phi) is 2.06. The van der Waals surface area contributed by atoms with Crippen molar-refractivity contribution >= 4 is 11.1 Å². The molecule has 4 nitrogen and oxygen atoms in total. The van der Waals surface area contributed by atoms with Crippen molar-refractivity contribution in [1.82, 2.24) is 4.98 Å². The highest BCUT2D eigenvalue weighted by molar-refractivity contribution is 5.79. The van der Waals surface area contributed by atoms with Crippen LogP contribution in [0.2, 0.25) is 0 Å². The molecule has 4 rings (SSSR count). The highest BCUT2D eigenvalue weighted by Crippen LogP contribution is 2.41. The van der Waals surface area contributed by atoms with Crippen LogP contribution < -0.4 is 9.47 Å². The third-order valence-corrected chi connectivity index (χ3v) is 3.17. The first-order chi connectivity index (χ1) is 9.31. The maximum absolute atomic E-state index is 5.79. The van der Waals surface area contributed by atoms with Gasteiger partial charge in [0.05, 0.1) is 5.56 Å². The molecule has 0 N–H and O–H groups in total. The Morgan fingerprint density at radius 2 is 2.05 bits per heavy atom. The lowest BCUT2D eigenvalue weighted by atomic mass is 10.2. The first-order valence-corrected chi connectivity index (χ1v) is 6.07. The summed E-state index contributed by atoms with van der Waals surface area (Å²) in [5.74, 6) is 1.99. The molecule has 1 aliphatic heterocycles.